The van der Waals surface area contributed by atoms with Crippen molar-refractivity contribution < 1.29 is 0 Å². The third-order valence-corrected chi connectivity index (χ3v) is 2.89. The van der Waals surface area contributed by atoms with Crippen LogP contribution in [0.25, 0.3) is 0 Å². The van der Waals surface area contributed by atoms with Gasteiger partial charge in [0, 0.05) is 18.7 Å². The molecule has 1 N–H and O–H groups in total. The van der Waals surface area contributed by atoms with E-state index >= 15 is 0 Å². The second kappa shape index (κ2) is 4.60. The summed E-state index contributed by atoms with van der Waals surface area (Å²) >= 11 is 0. The standard InChI is InChI=1S/C11H19N3/c1-10-9-11(13-12-10)5-8-14-6-3-2-4-7-14/h9H,2-8H2,1H3,(H,12,13). The van der Waals surface area contributed by atoms with Crippen LogP contribution in [-0.2, 0) is 6.42 Å². The molecule has 1 aliphatic rings. The summed E-state index contributed by atoms with van der Waals surface area (Å²) in [4.78, 5) is 2.55. The molecular formula is C11H19N3. The number of rotatable bonds is 3. The van der Waals surface area contributed by atoms with Gasteiger partial charge in [-0.1, -0.05) is 6.42 Å². The molecule has 1 aromatic heterocycles. The number of likely N-dealkylation sites (tertiary alicyclic amines) is 1. The van der Waals surface area contributed by atoms with Crippen molar-refractivity contribution in [1.82, 2.24) is 15.1 Å². The van der Waals surface area contributed by atoms with E-state index in [1.165, 1.54) is 50.3 Å². The number of aryl methyl sites for hydroxylation is 1. The quantitative estimate of drug-likeness (QED) is 0.793. The zero-order valence-corrected chi connectivity index (χ0v) is 8.92. The van der Waals surface area contributed by atoms with Crippen molar-refractivity contribution in [2.75, 3.05) is 19.6 Å². The van der Waals surface area contributed by atoms with Crippen LogP contribution in [-0.4, -0.2) is 34.7 Å². The van der Waals surface area contributed by atoms with Gasteiger partial charge in [-0.05, 0) is 38.9 Å². The summed E-state index contributed by atoms with van der Waals surface area (Å²) in [5.41, 5.74) is 2.37. The molecule has 0 unspecified atom stereocenters. The fourth-order valence-corrected chi connectivity index (χ4v) is 2.06. The van der Waals surface area contributed by atoms with E-state index in [4.69, 9.17) is 0 Å². The van der Waals surface area contributed by atoms with E-state index in [-0.39, 0.29) is 0 Å². The number of aromatic nitrogens is 2. The highest BCUT2D eigenvalue weighted by atomic mass is 15.1. The number of aromatic amines is 1. The zero-order chi connectivity index (χ0) is 9.80. The highest BCUT2D eigenvalue weighted by Crippen LogP contribution is 2.09. The molecule has 1 fully saturated rings. The van der Waals surface area contributed by atoms with Crippen molar-refractivity contribution in [2.24, 2.45) is 0 Å². The minimum atomic E-state index is 1.09. The van der Waals surface area contributed by atoms with Gasteiger partial charge >= 0.3 is 0 Å². The van der Waals surface area contributed by atoms with E-state index < -0.39 is 0 Å². The molecule has 2 rings (SSSR count). The molecule has 0 spiro atoms. The third kappa shape index (κ3) is 2.58. The van der Waals surface area contributed by atoms with E-state index in [0.717, 1.165) is 6.42 Å². The molecule has 0 aromatic carbocycles. The third-order valence-electron chi connectivity index (χ3n) is 2.89. The van der Waals surface area contributed by atoms with Crippen molar-refractivity contribution in [2.45, 2.75) is 32.6 Å². The summed E-state index contributed by atoms with van der Waals surface area (Å²) < 4.78 is 0. The Bertz CT molecular complexity index is 274. The van der Waals surface area contributed by atoms with Crippen LogP contribution in [0.2, 0.25) is 0 Å². The van der Waals surface area contributed by atoms with Gasteiger partial charge in [0.05, 0.1) is 5.69 Å². The van der Waals surface area contributed by atoms with Gasteiger partial charge in [0.2, 0.25) is 0 Å². The predicted octanol–water partition coefficient (Wildman–Crippen LogP) is 1.75. The molecule has 0 saturated carbocycles. The number of nitrogens with zero attached hydrogens (tertiary/aromatic N) is 2. The van der Waals surface area contributed by atoms with E-state index in [2.05, 4.69) is 28.1 Å². The lowest BCUT2D eigenvalue weighted by Gasteiger charge is -2.25. The lowest BCUT2D eigenvalue weighted by atomic mass is 10.1. The first-order valence-electron chi connectivity index (χ1n) is 5.58. The summed E-state index contributed by atoms with van der Waals surface area (Å²) in [6.45, 7) is 5.79. The molecule has 0 aliphatic carbocycles. The van der Waals surface area contributed by atoms with Crippen LogP contribution < -0.4 is 0 Å². The lowest BCUT2D eigenvalue weighted by Crippen LogP contribution is -2.31. The molecule has 0 amide bonds. The lowest BCUT2D eigenvalue weighted by molar-refractivity contribution is 0.231. The SMILES string of the molecule is Cc1cc(CCN2CCCCC2)n[nH]1. The van der Waals surface area contributed by atoms with Crippen LogP contribution in [0.5, 0.6) is 0 Å². The monoisotopic (exact) mass is 193 g/mol. The first-order valence-corrected chi connectivity index (χ1v) is 5.58. The first kappa shape index (κ1) is 9.71. The second-order valence-electron chi connectivity index (χ2n) is 4.19. The Labute approximate surface area is 85.5 Å². The Morgan fingerprint density at radius 1 is 1.36 bits per heavy atom. The summed E-state index contributed by atoms with van der Waals surface area (Å²) in [6, 6.07) is 2.14. The van der Waals surface area contributed by atoms with Gasteiger partial charge in [-0.3, -0.25) is 5.10 Å². The van der Waals surface area contributed by atoms with Crippen molar-refractivity contribution in [3.05, 3.63) is 17.5 Å². The number of H-pyrrole nitrogens is 1. The Morgan fingerprint density at radius 2 is 2.14 bits per heavy atom. The average molecular weight is 193 g/mol. The minimum absolute atomic E-state index is 1.09. The molecule has 3 nitrogen and oxygen atoms in total. The van der Waals surface area contributed by atoms with Gasteiger partial charge in [0.25, 0.3) is 0 Å². The predicted molar refractivity (Wildman–Crippen MR) is 57.3 cm³/mol. The van der Waals surface area contributed by atoms with Crippen LogP contribution >= 0.6 is 0 Å². The Balaban J connectivity index is 1.76. The Kier molecular flexibility index (Phi) is 3.19. The van der Waals surface area contributed by atoms with Crippen molar-refractivity contribution in [1.29, 1.82) is 0 Å². The maximum absolute atomic E-state index is 4.25. The highest BCUT2D eigenvalue weighted by molar-refractivity contribution is 5.06. The Morgan fingerprint density at radius 3 is 2.79 bits per heavy atom. The number of hydrogen-bond donors (Lipinski definition) is 1. The van der Waals surface area contributed by atoms with Gasteiger partial charge < -0.3 is 4.90 Å². The van der Waals surface area contributed by atoms with Gasteiger partial charge in [0.1, 0.15) is 0 Å². The van der Waals surface area contributed by atoms with Gasteiger partial charge in [-0.15, -0.1) is 0 Å². The number of piperidine rings is 1. The molecule has 3 heteroatoms. The fourth-order valence-electron chi connectivity index (χ4n) is 2.06. The first-order chi connectivity index (χ1) is 6.84. The molecule has 0 radical (unpaired) electrons. The molecule has 14 heavy (non-hydrogen) atoms. The van der Waals surface area contributed by atoms with E-state index in [1.807, 2.05) is 0 Å². The molecule has 1 saturated heterocycles. The van der Waals surface area contributed by atoms with E-state index in [0.29, 0.717) is 0 Å². The molecule has 1 aromatic rings. The maximum Gasteiger partial charge on any atom is 0.0637 e. The molecule has 0 bridgehead atoms. The summed E-state index contributed by atoms with van der Waals surface area (Å²) in [5, 5.41) is 7.24. The molecule has 78 valence electrons. The summed E-state index contributed by atoms with van der Waals surface area (Å²) in [7, 11) is 0. The van der Waals surface area contributed by atoms with Crippen molar-refractivity contribution in [3.8, 4) is 0 Å². The van der Waals surface area contributed by atoms with E-state index in [9.17, 15) is 0 Å². The van der Waals surface area contributed by atoms with Crippen LogP contribution in [0.1, 0.15) is 30.7 Å². The van der Waals surface area contributed by atoms with Crippen LogP contribution in [0, 0.1) is 6.92 Å². The summed E-state index contributed by atoms with van der Waals surface area (Å²) in [5.74, 6) is 0. The smallest absolute Gasteiger partial charge is 0.0637 e. The Hall–Kier alpha value is -0.830. The van der Waals surface area contributed by atoms with Gasteiger partial charge in [-0.2, -0.15) is 5.10 Å². The van der Waals surface area contributed by atoms with Gasteiger partial charge in [0.15, 0.2) is 0 Å². The van der Waals surface area contributed by atoms with Crippen molar-refractivity contribution in [3.63, 3.8) is 0 Å². The molecule has 0 atom stereocenters. The summed E-state index contributed by atoms with van der Waals surface area (Å²) in [6.07, 6.45) is 5.25. The second-order valence-corrected chi connectivity index (χ2v) is 4.19. The molecule has 2 heterocycles. The van der Waals surface area contributed by atoms with Crippen LogP contribution in [0.15, 0.2) is 6.07 Å². The minimum Gasteiger partial charge on any atom is -0.303 e. The zero-order valence-electron chi connectivity index (χ0n) is 8.92. The van der Waals surface area contributed by atoms with Crippen LogP contribution in [0.3, 0.4) is 0 Å². The maximum atomic E-state index is 4.25. The largest absolute Gasteiger partial charge is 0.303 e. The number of hydrogen-bond acceptors (Lipinski definition) is 2. The molecular weight excluding hydrogens is 174 g/mol. The van der Waals surface area contributed by atoms with E-state index in [1.54, 1.807) is 0 Å². The van der Waals surface area contributed by atoms with Crippen molar-refractivity contribution >= 4 is 0 Å². The topological polar surface area (TPSA) is 31.9 Å². The normalized spacial score (nSPS) is 18.6. The highest BCUT2D eigenvalue weighted by Gasteiger charge is 2.09. The van der Waals surface area contributed by atoms with Crippen LogP contribution in [0.4, 0.5) is 0 Å². The number of nitrogens with one attached hydrogen (secondary N) is 1. The fraction of sp³-hybridized carbons (Fsp3) is 0.727. The van der Waals surface area contributed by atoms with Gasteiger partial charge in [-0.25, -0.2) is 0 Å². The molecule has 1 aliphatic heterocycles. The average Bonchev–Trinajstić information content (AvgIpc) is 2.63.